The Hall–Kier alpha value is -2.77. The largest absolute Gasteiger partial charge is 0.356 e. The third-order valence-corrected chi connectivity index (χ3v) is 5.99. The van der Waals surface area contributed by atoms with Crippen LogP contribution in [0.4, 0.5) is 17.5 Å². The monoisotopic (exact) mass is 395 g/mol. The van der Waals surface area contributed by atoms with Gasteiger partial charge in [0.1, 0.15) is 18.0 Å². The van der Waals surface area contributed by atoms with Crippen molar-refractivity contribution in [3.05, 3.63) is 30.2 Å². The minimum atomic E-state index is -0.0149. The van der Waals surface area contributed by atoms with Crippen molar-refractivity contribution in [3.8, 4) is 0 Å². The molecule has 154 valence electrons. The molecule has 0 unspecified atom stereocenters. The van der Waals surface area contributed by atoms with E-state index in [4.69, 9.17) is 0 Å². The summed E-state index contributed by atoms with van der Waals surface area (Å²) >= 11 is 0. The van der Waals surface area contributed by atoms with Crippen LogP contribution in [0, 0.1) is 18.8 Å². The van der Waals surface area contributed by atoms with E-state index in [1.807, 2.05) is 25.1 Å². The van der Waals surface area contributed by atoms with Crippen LogP contribution < -0.4 is 15.1 Å². The molecule has 4 heterocycles. The van der Waals surface area contributed by atoms with Gasteiger partial charge in [-0.2, -0.15) is 5.10 Å². The Bertz CT molecular complexity index is 825. The normalized spacial score (nSPS) is 18.7. The maximum atomic E-state index is 12.8. The average molecular weight is 396 g/mol. The molecule has 4 rings (SSSR count). The maximum absolute atomic E-state index is 12.8. The smallest absolute Gasteiger partial charge is 0.228 e. The quantitative estimate of drug-likeness (QED) is 0.851. The molecular weight excluding hydrogens is 366 g/mol. The minimum Gasteiger partial charge on any atom is -0.356 e. The van der Waals surface area contributed by atoms with Gasteiger partial charge in [0.2, 0.25) is 5.91 Å². The number of aromatic nitrogens is 4. The number of nitrogens with one attached hydrogen (secondary N) is 1. The number of hydrogen-bond donors (Lipinski definition) is 1. The number of aryl methyl sites for hydroxylation is 1. The third kappa shape index (κ3) is 4.81. The van der Waals surface area contributed by atoms with Crippen molar-refractivity contribution >= 4 is 23.4 Å². The van der Waals surface area contributed by atoms with Crippen LogP contribution in [0.3, 0.4) is 0 Å². The van der Waals surface area contributed by atoms with Crippen molar-refractivity contribution in [2.24, 2.45) is 11.8 Å². The van der Waals surface area contributed by atoms with Crippen LogP contribution in [0.15, 0.2) is 24.5 Å². The summed E-state index contributed by atoms with van der Waals surface area (Å²) in [5.74, 6) is 3.16. The molecule has 0 atom stereocenters. The van der Waals surface area contributed by atoms with Crippen molar-refractivity contribution in [1.82, 2.24) is 20.2 Å². The zero-order chi connectivity index (χ0) is 20.2. The summed E-state index contributed by atoms with van der Waals surface area (Å²) in [4.78, 5) is 25.9. The minimum absolute atomic E-state index is 0.0149. The fraction of sp³-hybridized carbons (Fsp3) is 0.571. The molecule has 0 aromatic carbocycles. The molecule has 8 heteroatoms. The summed E-state index contributed by atoms with van der Waals surface area (Å²) < 4.78 is 0. The van der Waals surface area contributed by atoms with Gasteiger partial charge < -0.3 is 15.1 Å². The lowest BCUT2D eigenvalue weighted by Crippen LogP contribution is -2.38. The van der Waals surface area contributed by atoms with Crippen molar-refractivity contribution in [2.75, 3.05) is 41.3 Å². The van der Waals surface area contributed by atoms with Gasteiger partial charge in [0.15, 0.2) is 5.82 Å². The second-order valence-corrected chi connectivity index (χ2v) is 8.21. The highest BCUT2D eigenvalue weighted by molar-refractivity contribution is 5.92. The highest BCUT2D eigenvalue weighted by Gasteiger charge is 2.26. The predicted octanol–water partition coefficient (Wildman–Crippen LogP) is 2.67. The molecule has 2 fully saturated rings. The standard InChI is InChI=1S/C21H29N7O/c1-15-5-9-28(10-6-15)20-13-18(22-14-23-20)24-21(29)17-7-11-27(12-8-17)19-4-3-16(2)25-26-19/h3-4,13-15,17H,5-12H2,1-2H3,(H,22,23,24,29). The maximum Gasteiger partial charge on any atom is 0.228 e. The van der Waals surface area contributed by atoms with Gasteiger partial charge in [0.25, 0.3) is 0 Å². The Morgan fingerprint density at radius 2 is 1.66 bits per heavy atom. The Balaban J connectivity index is 1.32. The molecule has 8 nitrogen and oxygen atoms in total. The van der Waals surface area contributed by atoms with Crippen molar-refractivity contribution in [2.45, 2.75) is 39.5 Å². The number of piperidine rings is 2. The van der Waals surface area contributed by atoms with E-state index in [1.165, 1.54) is 12.8 Å². The summed E-state index contributed by atoms with van der Waals surface area (Å²) in [6, 6.07) is 5.86. The Morgan fingerprint density at radius 3 is 2.34 bits per heavy atom. The number of carbonyl (C=O) groups is 1. The highest BCUT2D eigenvalue weighted by atomic mass is 16.2. The van der Waals surface area contributed by atoms with E-state index in [2.05, 4.69) is 42.2 Å². The summed E-state index contributed by atoms with van der Waals surface area (Å²) in [5, 5.41) is 11.4. The van der Waals surface area contributed by atoms with E-state index in [0.717, 1.165) is 62.3 Å². The molecule has 1 N–H and O–H groups in total. The molecule has 0 aliphatic carbocycles. The Kier molecular flexibility index (Phi) is 5.87. The van der Waals surface area contributed by atoms with Gasteiger partial charge >= 0.3 is 0 Å². The lowest BCUT2D eigenvalue weighted by atomic mass is 9.96. The molecule has 2 aliphatic rings. The fourth-order valence-corrected chi connectivity index (χ4v) is 3.99. The van der Waals surface area contributed by atoms with Gasteiger partial charge in [-0.05, 0) is 50.7 Å². The van der Waals surface area contributed by atoms with Crippen LogP contribution in [0.5, 0.6) is 0 Å². The second-order valence-electron chi connectivity index (χ2n) is 8.21. The van der Waals surface area contributed by atoms with Crippen molar-refractivity contribution < 1.29 is 4.79 Å². The van der Waals surface area contributed by atoms with Gasteiger partial charge in [-0.25, -0.2) is 9.97 Å². The lowest BCUT2D eigenvalue weighted by Gasteiger charge is -2.32. The first kappa shape index (κ1) is 19.5. The molecule has 2 saturated heterocycles. The zero-order valence-electron chi connectivity index (χ0n) is 17.2. The lowest BCUT2D eigenvalue weighted by molar-refractivity contribution is -0.120. The van der Waals surface area contributed by atoms with Crippen LogP contribution in [0.25, 0.3) is 0 Å². The molecule has 0 spiro atoms. The topological polar surface area (TPSA) is 87.1 Å². The van der Waals surface area contributed by atoms with Gasteiger partial charge in [-0.3, -0.25) is 4.79 Å². The summed E-state index contributed by atoms with van der Waals surface area (Å²) in [5.41, 5.74) is 0.909. The first-order valence-corrected chi connectivity index (χ1v) is 10.5. The van der Waals surface area contributed by atoms with E-state index in [-0.39, 0.29) is 11.8 Å². The van der Waals surface area contributed by atoms with Crippen LogP contribution in [0.2, 0.25) is 0 Å². The predicted molar refractivity (Wildman–Crippen MR) is 113 cm³/mol. The number of nitrogens with zero attached hydrogens (tertiary/aromatic N) is 6. The van der Waals surface area contributed by atoms with Gasteiger partial charge in [-0.15, -0.1) is 5.10 Å². The molecule has 0 bridgehead atoms. The van der Waals surface area contributed by atoms with E-state index in [9.17, 15) is 4.79 Å². The first-order valence-electron chi connectivity index (χ1n) is 10.5. The first-order chi connectivity index (χ1) is 14.1. The number of carbonyl (C=O) groups excluding carboxylic acids is 1. The van der Waals surface area contributed by atoms with E-state index < -0.39 is 0 Å². The highest BCUT2D eigenvalue weighted by Crippen LogP contribution is 2.25. The van der Waals surface area contributed by atoms with Crippen LogP contribution in [0.1, 0.15) is 38.3 Å². The summed E-state index contributed by atoms with van der Waals surface area (Å²) in [7, 11) is 0. The van der Waals surface area contributed by atoms with Crippen LogP contribution in [-0.4, -0.2) is 52.3 Å². The van der Waals surface area contributed by atoms with Gasteiger partial charge in [-0.1, -0.05) is 6.92 Å². The second kappa shape index (κ2) is 8.71. The van der Waals surface area contributed by atoms with E-state index in [0.29, 0.717) is 5.82 Å². The van der Waals surface area contributed by atoms with E-state index >= 15 is 0 Å². The van der Waals surface area contributed by atoms with Crippen molar-refractivity contribution in [1.29, 1.82) is 0 Å². The molecule has 2 aliphatic heterocycles. The molecule has 0 radical (unpaired) electrons. The van der Waals surface area contributed by atoms with Gasteiger partial charge in [0.05, 0.1) is 5.69 Å². The zero-order valence-corrected chi connectivity index (χ0v) is 17.2. The molecule has 2 aromatic heterocycles. The van der Waals surface area contributed by atoms with Gasteiger partial charge in [0, 0.05) is 38.2 Å². The van der Waals surface area contributed by atoms with Crippen LogP contribution in [-0.2, 0) is 4.79 Å². The Morgan fingerprint density at radius 1 is 0.966 bits per heavy atom. The molecule has 29 heavy (non-hydrogen) atoms. The number of hydrogen-bond acceptors (Lipinski definition) is 7. The van der Waals surface area contributed by atoms with E-state index in [1.54, 1.807) is 6.33 Å². The van der Waals surface area contributed by atoms with Crippen molar-refractivity contribution in [3.63, 3.8) is 0 Å². The van der Waals surface area contributed by atoms with Crippen LogP contribution >= 0.6 is 0 Å². The molecule has 1 amide bonds. The number of rotatable bonds is 4. The summed E-state index contributed by atoms with van der Waals surface area (Å²) in [6.45, 7) is 7.84. The Labute approximate surface area is 171 Å². The number of amides is 1. The third-order valence-electron chi connectivity index (χ3n) is 5.99. The molecule has 0 saturated carbocycles. The number of anilines is 3. The fourth-order valence-electron chi connectivity index (χ4n) is 3.99. The SMILES string of the molecule is Cc1ccc(N2CCC(C(=O)Nc3cc(N4CCC(C)CC4)ncn3)CC2)nn1. The molecular formula is C21H29N7O. The summed E-state index contributed by atoms with van der Waals surface area (Å²) in [6.07, 6.45) is 5.49. The average Bonchev–Trinajstić information content (AvgIpc) is 2.75. The molecule has 2 aromatic rings.